The number of nitrogens with zero attached hydrogens (tertiary/aromatic N) is 3. The Balaban J connectivity index is -0.0000000782. The molecular formula is C19H40Ar2N4O4S2. The summed E-state index contributed by atoms with van der Waals surface area (Å²) in [5.41, 5.74) is 0. The van der Waals surface area contributed by atoms with Gasteiger partial charge in [-0.15, -0.1) is 0 Å². The Kier molecular flexibility index (Phi) is 42.0. The van der Waals surface area contributed by atoms with Gasteiger partial charge in [0.25, 0.3) is 0 Å². The molecule has 2 aliphatic rings. The molecular weight excluding hydrogens is 492 g/mol. The molecule has 12 heteroatoms. The maximum Gasteiger partial charge on any atom is 0.410 e. The predicted molar refractivity (Wildman–Crippen MR) is 128 cm³/mol. The van der Waals surface area contributed by atoms with E-state index in [1.165, 1.54) is 4.90 Å². The summed E-state index contributed by atoms with van der Waals surface area (Å²) < 4.78 is 9.87. The van der Waals surface area contributed by atoms with Crippen molar-refractivity contribution in [2.24, 2.45) is 4.99 Å². The van der Waals surface area contributed by atoms with Gasteiger partial charge in [0.15, 0.2) is 0 Å². The number of isothiocyanates is 1. The fourth-order valence-corrected chi connectivity index (χ4v) is 2.06. The number of hydrogen-bond acceptors (Lipinski definition) is 7. The second-order valence-electron chi connectivity index (χ2n) is 5.14. The number of nitrogens with one attached hydrogen (secondary N) is 1. The molecule has 2 aliphatic heterocycles. The summed E-state index contributed by atoms with van der Waals surface area (Å²) in [6.45, 7) is 12.0. The monoisotopic (exact) mass is 532 g/mol. The molecule has 0 aliphatic carbocycles. The van der Waals surface area contributed by atoms with Crippen LogP contribution in [-0.2, 0) is 9.47 Å². The summed E-state index contributed by atoms with van der Waals surface area (Å²) in [5.74, 6) is 0. The molecule has 0 aromatic carbocycles. The summed E-state index contributed by atoms with van der Waals surface area (Å²) in [5, 5.41) is 5.18. The maximum absolute atomic E-state index is 10.9. The first kappa shape index (κ1) is 45.3. The molecule has 0 spiro atoms. The van der Waals surface area contributed by atoms with Gasteiger partial charge in [0.1, 0.15) is 12.2 Å². The molecule has 8 nitrogen and oxygen atoms in total. The minimum Gasteiger partial charge on any atom is -0.442 e. The second kappa shape index (κ2) is 28.8. The second-order valence-corrected chi connectivity index (χ2v) is 5.94. The summed E-state index contributed by atoms with van der Waals surface area (Å²) in [4.78, 5) is 29.1. The van der Waals surface area contributed by atoms with E-state index in [1.807, 2.05) is 27.7 Å². The molecule has 0 unspecified atom stereocenters. The zero-order valence-electron chi connectivity index (χ0n) is 18.0. The largest absolute Gasteiger partial charge is 0.442 e. The standard InChI is InChI=1S/C7H12N2O2S.C6H8N2O2S.2C2H6.2CH4.2Ar/c1-5(12)8-3-6-4-9(2)7(10)11-6;1-8-3-5(2-7-4-11)10-6(8)9;2*1-2;;;;/h6H,3-4H2,1-2H3,(H,8,12);5H,2-3H2,1H3;2*1-2H3;2*1H4;;/t6-;5-;;;;;;/m00....../s1. The third-order valence-corrected chi connectivity index (χ3v) is 3.32. The van der Waals surface area contributed by atoms with Crippen molar-refractivity contribution in [1.82, 2.24) is 15.1 Å². The normalized spacial score (nSPS) is 17.1. The van der Waals surface area contributed by atoms with Gasteiger partial charge in [0.2, 0.25) is 0 Å². The van der Waals surface area contributed by atoms with Crippen LogP contribution in [0, 0.1) is 75.5 Å². The van der Waals surface area contributed by atoms with E-state index in [-0.39, 0.29) is 115 Å². The van der Waals surface area contributed by atoms with E-state index in [0.717, 1.165) is 4.99 Å². The van der Waals surface area contributed by atoms with Gasteiger partial charge < -0.3 is 24.6 Å². The van der Waals surface area contributed by atoms with Crippen molar-refractivity contribution in [3.63, 3.8) is 0 Å². The Bertz CT molecular complexity index is 523. The van der Waals surface area contributed by atoms with Crippen LogP contribution in [0.15, 0.2) is 4.99 Å². The predicted octanol–water partition coefficient (Wildman–Crippen LogP) is 4.24. The minimum atomic E-state index is -0.297. The van der Waals surface area contributed by atoms with Crippen LogP contribution in [-0.4, -0.2) is 84.6 Å². The van der Waals surface area contributed by atoms with Gasteiger partial charge in [-0.2, -0.15) is 0 Å². The van der Waals surface area contributed by atoms with Crippen molar-refractivity contribution in [1.29, 1.82) is 0 Å². The van der Waals surface area contributed by atoms with Crippen LogP contribution in [0.5, 0.6) is 0 Å². The molecule has 2 amide bonds. The fraction of sp³-hybridized carbons (Fsp3) is 0.789. The van der Waals surface area contributed by atoms with Gasteiger partial charge in [-0.1, -0.05) is 54.8 Å². The van der Waals surface area contributed by atoms with Crippen molar-refractivity contribution in [2.75, 3.05) is 40.3 Å². The van der Waals surface area contributed by atoms with Crippen molar-refractivity contribution in [2.45, 2.75) is 61.7 Å². The Morgan fingerprint density at radius 3 is 1.71 bits per heavy atom. The number of aliphatic imine (C=N–C) groups is 1. The molecule has 188 valence electrons. The van der Waals surface area contributed by atoms with Gasteiger partial charge >= 0.3 is 12.2 Å². The molecule has 2 rings (SSSR count). The summed E-state index contributed by atoms with van der Waals surface area (Å²) in [6, 6.07) is 0. The summed E-state index contributed by atoms with van der Waals surface area (Å²) in [7, 11) is 3.40. The zero-order chi connectivity index (χ0) is 21.4. The average Bonchev–Trinajstić information content (AvgIpc) is 3.16. The molecule has 2 atom stereocenters. The molecule has 2 fully saturated rings. The molecule has 0 bridgehead atoms. The Hall–Kier alpha value is 0.749. The van der Waals surface area contributed by atoms with Crippen molar-refractivity contribution in [3.05, 3.63) is 0 Å². The van der Waals surface area contributed by atoms with E-state index < -0.39 is 0 Å². The van der Waals surface area contributed by atoms with Gasteiger partial charge in [0, 0.05) is 89.6 Å². The van der Waals surface area contributed by atoms with Gasteiger partial charge in [-0.05, 0) is 19.1 Å². The number of thiocarbonyl (C=S) groups is 2. The van der Waals surface area contributed by atoms with E-state index in [0.29, 0.717) is 26.2 Å². The van der Waals surface area contributed by atoms with E-state index in [4.69, 9.17) is 21.7 Å². The first-order valence-electron chi connectivity index (χ1n) is 8.95. The maximum atomic E-state index is 10.9. The SMILES string of the molecule is C.C.CC.CC.CC(=S)NC[C@H]1CN(C)C(=O)O1.CN1C[C@H](CN=C=S)OC1=O.[Ar].[Ar]. The number of hydrogen-bond donors (Lipinski definition) is 1. The van der Waals surface area contributed by atoms with E-state index in [9.17, 15) is 9.59 Å². The summed E-state index contributed by atoms with van der Waals surface area (Å²) in [6.07, 6.45) is -0.776. The first-order valence-corrected chi connectivity index (χ1v) is 9.76. The van der Waals surface area contributed by atoms with E-state index in [1.54, 1.807) is 25.9 Å². The number of likely N-dealkylation sites (N-methyl/N-ethyl adjacent to an activating group) is 2. The minimum absolute atomic E-state index is 0. The van der Waals surface area contributed by atoms with Crippen molar-refractivity contribution < 1.29 is 94.5 Å². The smallest absolute Gasteiger partial charge is 0.410 e. The van der Waals surface area contributed by atoms with Crippen LogP contribution in [0.1, 0.15) is 49.5 Å². The van der Waals surface area contributed by atoms with Gasteiger partial charge in [-0.3, -0.25) is 0 Å². The number of ether oxygens (including phenoxy) is 2. The summed E-state index contributed by atoms with van der Waals surface area (Å²) >= 11 is 9.20. The van der Waals surface area contributed by atoms with Crippen LogP contribution >= 0.6 is 24.4 Å². The number of carbonyl (C=O) groups excluding carboxylic acids is 2. The van der Waals surface area contributed by atoms with Gasteiger partial charge in [0.05, 0.1) is 36.3 Å². The molecule has 1 N–H and O–H groups in total. The Morgan fingerprint density at radius 2 is 1.42 bits per heavy atom. The third-order valence-electron chi connectivity index (χ3n) is 3.05. The van der Waals surface area contributed by atoms with E-state index >= 15 is 0 Å². The molecule has 0 aromatic rings. The number of carbonyl (C=O) groups is 2. The Morgan fingerprint density at radius 1 is 1.03 bits per heavy atom. The average molecular weight is 533 g/mol. The molecule has 2 heterocycles. The quantitative estimate of drug-likeness (QED) is 0.428. The van der Waals surface area contributed by atoms with Crippen LogP contribution in [0.2, 0.25) is 0 Å². The number of amides is 2. The molecule has 31 heavy (non-hydrogen) atoms. The van der Waals surface area contributed by atoms with Crippen LogP contribution in [0.25, 0.3) is 0 Å². The van der Waals surface area contributed by atoms with Crippen molar-refractivity contribution in [3.8, 4) is 0 Å². The molecule has 0 radical (unpaired) electrons. The van der Waals surface area contributed by atoms with Crippen LogP contribution in [0.4, 0.5) is 9.59 Å². The molecule has 2 saturated heterocycles. The Labute approximate surface area is 260 Å². The first-order chi connectivity index (χ1) is 12.8. The fourth-order valence-electron chi connectivity index (χ4n) is 1.90. The topological polar surface area (TPSA) is 83.5 Å². The van der Waals surface area contributed by atoms with Gasteiger partial charge in [-0.25, -0.2) is 14.6 Å². The molecule has 0 saturated carbocycles. The number of rotatable bonds is 4. The third kappa shape index (κ3) is 22.3. The zero-order valence-corrected chi connectivity index (χ0v) is 21.0. The van der Waals surface area contributed by atoms with Crippen molar-refractivity contribution >= 4 is 46.8 Å². The molecule has 0 aromatic heterocycles. The van der Waals surface area contributed by atoms with Crippen LogP contribution < -0.4 is 5.32 Å². The number of cyclic esters (lactones) is 2. The van der Waals surface area contributed by atoms with Crippen LogP contribution in [0.3, 0.4) is 0 Å². The van der Waals surface area contributed by atoms with E-state index in [2.05, 4.69) is 27.7 Å².